The first-order chi connectivity index (χ1) is 9.15. The molecule has 6 heteroatoms. The van der Waals surface area contributed by atoms with Gasteiger partial charge in [-0.1, -0.05) is 0 Å². The van der Waals surface area contributed by atoms with Crippen LogP contribution in [0.15, 0.2) is 44.6 Å². The molecule has 0 saturated carbocycles. The largest absolute Gasteiger partial charge is 0.469 e. The van der Waals surface area contributed by atoms with Crippen molar-refractivity contribution in [1.82, 2.24) is 5.43 Å². The Morgan fingerprint density at radius 1 is 1.42 bits per heavy atom. The van der Waals surface area contributed by atoms with Gasteiger partial charge in [0.05, 0.1) is 18.4 Å². The summed E-state index contributed by atoms with van der Waals surface area (Å²) in [7, 11) is 0. The van der Waals surface area contributed by atoms with Crippen molar-refractivity contribution in [1.29, 1.82) is 0 Å². The van der Waals surface area contributed by atoms with E-state index in [0.717, 1.165) is 5.76 Å². The maximum atomic E-state index is 11.8. The highest BCUT2D eigenvalue weighted by atomic mass is 16.3. The molecule has 1 N–H and O–H groups in total. The minimum Gasteiger partial charge on any atom is -0.469 e. The minimum absolute atomic E-state index is 0.427. The van der Waals surface area contributed by atoms with Crippen LogP contribution >= 0.6 is 0 Å². The summed E-state index contributed by atoms with van der Waals surface area (Å²) in [6.45, 7) is 1.72. The van der Waals surface area contributed by atoms with Crippen LogP contribution in [0.4, 0.5) is 0 Å². The van der Waals surface area contributed by atoms with E-state index in [0.29, 0.717) is 23.4 Å². The van der Waals surface area contributed by atoms with Gasteiger partial charge in [0.1, 0.15) is 11.7 Å². The van der Waals surface area contributed by atoms with Gasteiger partial charge in [0.15, 0.2) is 0 Å². The molecule has 0 radical (unpaired) electrons. The second-order valence-corrected chi connectivity index (χ2v) is 4.41. The van der Waals surface area contributed by atoms with Crippen molar-refractivity contribution in [2.75, 3.05) is 0 Å². The molecule has 0 fully saturated rings. The fraction of sp³-hybridized carbons (Fsp3) is 0.231. The zero-order valence-electron chi connectivity index (χ0n) is 10.2. The van der Waals surface area contributed by atoms with Crippen LogP contribution < -0.4 is 5.43 Å². The van der Waals surface area contributed by atoms with Gasteiger partial charge >= 0.3 is 0 Å². The molecule has 0 spiro atoms. The molecular formula is C13H11N3O3. The molecule has 3 rings (SSSR count). The predicted octanol–water partition coefficient (Wildman–Crippen LogP) is 0.852. The average Bonchev–Trinajstić information content (AvgIpc) is 2.85. The standard InChI is InChI=1S/C13H11N3O3/c1-7-5-9-10(6-8-3-2-4-19-8)15-16-13(18)11(9)12(17)14-7/h2-5,11H,6H2,1H3,(H,16,18)/t11-/m0/s1. The highest BCUT2D eigenvalue weighted by Gasteiger charge is 2.38. The Hall–Kier alpha value is -2.50. The lowest BCUT2D eigenvalue weighted by Gasteiger charge is -2.24. The number of furan rings is 1. The van der Waals surface area contributed by atoms with Gasteiger partial charge < -0.3 is 4.42 Å². The van der Waals surface area contributed by atoms with E-state index in [2.05, 4.69) is 15.5 Å². The summed E-state index contributed by atoms with van der Waals surface area (Å²) >= 11 is 0. The van der Waals surface area contributed by atoms with Crippen LogP contribution in [-0.2, 0) is 16.0 Å². The molecule has 96 valence electrons. The summed E-state index contributed by atoms with van der Waals surface area (Å²) in [6, 6.07) is 3.60. The number of amides is 2. The molecular weight excluding hydrogens is 246 g/mol. The fourth-order valence-corrected chi connectivity index (χ4v) is 2.19. The second kappa shape index (κ2) is 4.31. The highest BCUT2D eigenvalue weighted by Crippen LogP contribution is 2.24. The van der Waals surface area contributed by atoms with E-state index < -0.39 is 17.7 Å². The number of aliphatic imine (C=N–C) groups is 1. The molecule has 6 nitrogen and oxygen atoms in total. The predicted molar refractivity (Wildman–Crippen MR) is 67.7 cm³/mol. The van der Waals surface area contributed by atoms with Crippen molar-refractivity contribution in [3.8, 4) is 0 Å². The number of carbonyl (C=O) groups is 2. The van der Waals surface area contributed by atoms with E-state index >= 15 is 0 Å². The van der Waals surface area contributed by atoms with Crippen LogP contribution in [-0.4, -0.2) is 23.2 Å². The van der Waals surface area contributed by atoms with Crippen molar-refractivity contribution >= 4 is 23.2 Å². The number of fused-ring (bicyclic) bond motifs is 1. The van der Waals surface area contributed by atoms with E-state index in [9.17, 15) is 9.59 Å². The minimum atomic E-state index is -0.883. The molecule has 1 aromatic rings. The van der Waals surface area contributed by atoms with Gasteiger partial charge in [-0.05, 0) is 30.7 Å². The van der Waals surface area contributed by atoms with Crippen LogP contribution in [0.1, 0.15) is 12.7 Å². The monoisotopic (exact) mass is 257 g/mol. The average molecular weight is 257 g/mol. The Balaban J connectivity index is 1.99. The van der Waals surface area contributed by atoms with Gasteiger partial charge in [-0.2, -0.15) is 5.10 Å². The number of carbonyl (C=O) groups excluding carboxylic acids is 2. The lowest BCUT2D eigenvalue weighted by atomic mass is 9.87. The zero-order valence-corrected chi connectivity index (χ0v) is 10.2. The number of hydrogen-bond acceptors (Lipinski definition) is 4. The first-order valence-electron chi connectivity index (χ1n) is 5.85. The molecule has 1 aromatic heterocycles. The summed E-state index contributed by atoms with van der Waals surface area (Å²) in [4.78, 5) is 27.4. The van der Waals surface area contributed by atoms with E-state index in [-0.39, 0.29) is 0 Å². The summed E-state index contributed by atoms with van der Waals surface area (Å²) in [5, 5.41) is 4.02. The smallest absolute Gasteiger partial charge is 0.263 e. The van der Waals surface area contributed by atoms with E-state index in [4.69, 9.17) is 4.42 Å². The summed E-state index contributed by atoms with van der Waals surface area (Å²) < 4.78 is 5.26. The Kier molecular flexibility index (Phi) is 2.63. The number of allylic oxidation sites excluding steroid dienone is 1. The Bertz CT molecular complexity index is 638. The van der Waals surface area contributed by atoms with Crippen molar-refractivity contribution in [3.05, 3.63) is 35.8 Å². The summed E-state index contributed by atoms with van der Waals surface area (Å²) in [5.74, 6) is -1.04. The molecule has 0 aliphatic carbocycles. The van der Waals surface area contributed by atoms with Crippen LogP contribution in [0.5, 0.6) is 0 Å². The topological polar surface area (TPSA) is 84.0 Å². The lowest BCUT2D eigenvalue weighted by molar-refractivity contribution is -0.131. The first kappa shape index (κ1) is 11.6. The number of hydrogen-bond donors (Lipinski definition) is 1. The maximum Gasteiger partial charge on any atom is 0.263 e. The van der Waals surface area contributed by atoms with E-state index in [1.807, 2.05) is 6.07 Å². The third-order valence-corrected chi connectivity index (χ3v) is 3.03. The fourth-order valence-electron chi connectivity index (χ4n) is 2.19. The summed E-state index contributed by atoms with van der Waals surface area (Å²) in [5.41, 5.74) is 4.18. The van der Waals surface area contributed by atoms with Crippen LogP contribution in [0, 0.1) is 5.92 Å². The zero-order chi connectivity index (χ0) is 13.4. The number of rotatable bonds is 2. The normalized spacial score (nSPS) is 22.2. The Morgan fingerprint density at radius 3 is 3.00 bits per heavy atom. The van der Waals surface area contributed by atoms with Crippen molar-refractivity contribution in [2.45, 2.75) is 13.3 Å². The maximum absolute atomic E-state index is 11.8. The lowest BCUT2D eigenvalue weighted by Crippen LogP contribution is -2.42. The van der Waals surface area contributed by atoms with Gasteiger partial charge in [0.2, 0.25) is 0 Å². The SMILES string of the molecule is CC1=NC(=O)[C@H]2C(=O)NN=C(Cc3ccco3)C2=C1. The highest BCUT2D eigenvalue weighted by molar-refractivity contribution is 6.23. The number of hydrazone groups is 1. The van der Waals surface area contributed by atoms with Crippen molar-refractivity contribution in [2.24, 2.45) is 16.0 Å². The molecule has 2 aliphatic heterocycles. The van der Waals surface area contributed by atoms with Crippen LogP contribution in [0.2, 0.25) is 0 Å². The van der Waals surface area contributed by atoms with Gasteiger partial charge in [-0.3, -0.25) is 9.59 Å². The van der Waals surface area contributed by atoms with Gasteiger partial charge in [-0.15, -0.1) is 0 Å². The molecule has 0 aromatic carbocycles. The molecule has 0 unspecified atom stereocenters. The molecule has 2 aliphatic rings. The number of dihydropyridines is 1. The second-order valence-electron chi connectivity index (χ2n) is 4.41. The molecule has 0 saturated heterocycles. The molecule has 3 heterocycles. The summed E-state index contributed by atoms with van der Waals surface area (Å²) in [6.07, 6.45) is 3.73. The third kappa shape index (κ3) is 2.01. The number of nitrogens with zero attached hydrogens (tertiary/aromatic N) is 2. The Morgan fingerprint density at radius 2 is 2.26 bits per heavy atom. The molecule has 19 heavy (non-hydrogen) atoms. The molecule has 0 bridgehead atoms. The molecule has 1 atom stereocenters. The van der Waals surface area contributed by atoms with E-state index in [1.165, 1.54) is 0 Å². The van der Waals surface area contributed by atoms with Crippen LogP contribution in [0.3, 0.4) is 0 Å². The van der Waals surface area contributed by atoms with Crippen molar-refractivity contribution in [3.63, 3.8) is 0 Å². The molecule has 2 amide bonds. The van der Waals surface area contributed by atoms with E-state index in [1.54, 1.807) is 25.3 Å². The van der Waals surface area contributed by atoms with Gasteiger partial charge in [0.25, 0.3) is 11.8 Å². The van der Waals surface area contributed by atoms with Gasteiger partial charge in [-0.25, -0.2) is 10.4 Å². The van der Waals surface area contributed by atoms with Crippen molar-refractivity contribution < 1.29 is 14.0 Å². The number of nitrogens with one attached hydrogen (secondary N) is 1. The first-order valence-corrected chi connectivity index (χ1v) is 5.85. The quantitative estimate of drug-likeness (QED) is 0.797. The van der Waals surface area contributed by atoms with Crippen LogP contribution in [0.25, 0.3) is 0 Å². The third-order valence-electron chi connectivity index (χ3n) is 3.03. The van der Waals surface area contributed by atoms with Gasteiger partial charge in [0, 0.05) is 5.71 Å². The Labute approximate surface area is 108 Å².